The molecule has 2 nitrogen and oxygen atoms in total. The van der Waals surface area contributed by atoms with Crippen LogP contribution in [-0.4, -0.2) is 17.1 Å². The molecule has 0 fully saturated rings. The van der Waals surface area contributed by atoms with Gasteiger partial charge in [0.2, 0.25) is 0 Å². The van der Waals surface area contributed by atoms with Gasteiger partial charge in [0.1, 0.15) is 0 Å². The lowest BCUT2D eigenvalue weighted by Gasteiger charge is -2.03. The highest BCUT2D eigenvalue weighted by Crippen LogP contribution is 2.11. The molecular weight excluding hydrogens is 303 g/mol. The zero-order chi connectivity index (χ0) is 11.1. The van der Waals surface area contributed by atoms with Crippen LogP contribution in [0.4, 0.5) is 0 Å². The minimum Gasteiger partial charge on any atom is -0.462 e. The molecule has 0 bridgehead atoms. The maximum atomic E-state index is 11.5. The van der Waals surface area contributed by atoms with Crippen molar-refractivity contribution in [3.63, 3.8) is 0 Å². The molecule has 15 heavy (non-hydrogen) atoms. The first-order valence-electron chi connectivity index (χ1n) is 4.93. The Labute approximate surface area is 100 Å². The van der Waals surface area contributed by atoms with Gasteiger partial charge in [-0.1, -0.05) is 38.6 Å². The highest BCUT2D eigenvalue weighted by molar-refractivity contribution is 14.2. The van der Waals surface area contributed by atoms with Gasteiger partial charge in [-0.2, -0.15) is 0 Å². The Bertz CT molecular complexity index is 330. The molecule has 1 aromatic rings. The lowest BCUT2D eigenvalue weighted by atomic mass is 10.2. The summed E-state index contributed by atoms with van der Waals surface area (Å²) in [6, 6.07) is 7.54. The predicted molar refractivity (Wildman–Crippen MR) is 71.5 cm³/mol. The average Bonchev–Trinajstić information content (AvgIpc) is 2.29. The molecule has 0 aliphatic rings. The van der Waals surface area contributed by atoms with Crippen LogP contribution in [0.1, 0.15) is 30.1 Å². The second-order valence-corrected chi connectivity index (χ2v) is 5.14. The Morgan fingerprint density at radius 1 is 1.40 bits per heavy atom. The van der Waals surface area contributed by atoms with Gasteiger partial charge in [-0.15, -0.1) is 0 Å². The van der Waals surface area contributed by atoms with Gasteiger partial charge in [0, 0.05) is 3.57 Å². The SMILES string of the molecule is C=Ic1ccc(C(=O)OCCCC)cc1. The number of rotatable bonds is 5. The van der Waals surface area contributed by atoms with Crippen LogP contribution in [0.5, 0.6) is 0 Å². The first kappa shape index (κ1) is 12.4. The van der Waals surface area contributed by atoms with Crippen LogP contribution >= 0.6 is 20.7 Å². The van der Waals surface area contributed by atoms with Gasteiger partial charge in [0.05, 0.1) is 12.2 Å². The molecule has 0 aliphatic heterocycles. The highest BCUT2D eigenvalue weighted by Gasteiger charge is 2.05. The van der Waals surface area contributed by atoms with Gasteiger partial charge in [-0.3, -0.25) is 0 Å². The van der Waals surface area contributed by atoms with E-state index < -0.39 is 0 Å². The minimum absolute atomic E-state index is 0.140. The quantitative estimate of drug-likeness (QED) is 0.473. The van der Waals surface area contributed by atoms with Crippen LogP contribution in [0.15, 0.2) is 24.3 Å². The topological polar surface area (TPSA) is 26.3 Å². The number of ether oxygens (including phenoxy) is 1. The van der Waals surface area contributed by atoms with Crippen LogP contribution in [0.3, 0.4) is 0 Å². The van der Waals surface area contributed by atoms with Crippen LogP contribution in [0.25, 0.3) is 0 Å². The maximum absolute atomic E-state index is 11.5. The summed E-state index contributed by atoms with van der Waals surface area (Å²) >= 11 is -0.140. The molecule has 0 aliphatic carbocycles. The van der Waals surface area contributed by atoms with Crippen molar-refractivity contribution < 1.29 is 9.53 Å². The van der Waals surface area contributed by atoms with Crippen molar-refractivity contribution in [3.8, 4) is 0 Å². The minimum atomic E-state index is -0.225. The number of benzene rings is 1. The van der Waals surface area contributed by atoms with Crippen molar-refractivity contribution in [1.29, 1.82) is 0 Å². The van der Waals surface area contributed by atoms with Gasteiger partial charge < -0.3 is 4.74 Å². The fourth-order valence-corrected chi connectivity index (χ4v) is 1.94. The summed E-state index contributed by atoms with van der Waals surface area (Å²) in [5.74, 6) is -0.225. The van der Waals surface area contributed by atoms with Crippen molar-refractivity contribution >= 4 is 31.2 Å². The number of unbranched alkanes of at least 4 members (excludes halogenated alkanes) is 1. The van der Waals surface area contributed by atoms with E-state index in [9.17, 15) is 4.79 Å². The average molecular weight is 318 g/mol. The Balaban J connectivity index is 2.54. The normalized spacial score (nSPS) is 9.93. The zero-order valence-electron chi connectivity index (χ0n) is 8.83. The van der Waals surface area contributed by atoms with Crippen LogP contribution in [0.2, 0.25) is 0 Å². The lowest BCUT2D eigenvalue weighted by molar-refractivity contribution is 0.0500. The number of esters is 1. The van der Waals surface area contributed by atoms with E-state index in [4.69, 9.17) is 4.74 Å². The summed E-state index contributed by atoms with van der Waals surface area (Å²) in [4.78, 5) is 11.5. The van der Waals surface area contributed by atoms with E-state index in [1.54, 1.807) is 0 Å². The number of hydrogen-bond acceptors (Lipinski definition) is 2. The number of carbonyl (C=O) groups excluding carboxylic acids is 1. The fourth-order valence-electron chi connectivity index (χ4n) is 1.07. The smallest absolute Gasteiger partial charge is 0.338 e. The molecule has 0 heterocycles. The summed E-state index contributed by atoms with van der Waals surface area (Å²) < 4.78 is 10.2. The summed E-state index contributed by atoms with van der Waals surface area (Å²) in [5.41, 5.74) is 0.632. The van der Waals surface area contributed by atoms with E-state index in [1.807, 2.05) is 24.3 Å². The monoisotopic (exact) mass is 318 g/mol. The van der Waals surface area contributed by atoms with Crippen molar-refractivity contribution in [2.24, 2.45) is 0 Å². The molecule has 0 saturated heterocycles. The van der Waals surface area contributed by atoms with Crippen molar-refractivity contribution in [1.82, 2.24) is 0 Å². The molecule has 1 rings (SSSR count). The van der Waals surface area contributed by atoms with Crippen LogP contribution in [-0.2, 0) is 4.74 Å². The Kier molecular flexibility index (Phi) is 5.53. The van der Waals surface area contributed by atoms with Crippen molar-refractivity contribution in [2.45, 2.75) is 19.8 Å². The van der Waals surface area contributed by atoms with Gasteiger partial charge in [0.25, 0.3) is 0 Å². The molecule has 0 amide bonds. The third-order valence-corrected chi connectivity index (χ3v) is 3.57. The van der Waals surface area contributed by atoms with E-state index in [0.29, 0.717) is 12.2 Å². The molecular formula is C12H15IO2. The largest absolute Gasteiger partial charge is 0.462 e. The summed E-state index contributed by atoms with van der Waals surface area (Å²) in [6.45, 7) is 2.58. The first-order valence-corrected chi connectivity index (χ1v) is 7.54. The summed E-state index contributed by atoms with van der Waals surface area (Å²) in [7, 11) is 0. The van der Waals surface area contributed by atoms with Gasteiger partial charge >= 0.3 is 5.97 Å². The Morgan fingerprint density at radius 3 is 2.60 bits per heavy atom. The Hall–Kier alpha value is -0.710. The van der Waals surface area contributed by atoms with Crippen LogP contribution < -0.4 is 0 Å². The predicted octanol–water partition coefficient (Wildman–Crippen LogP) is 3.22. The molecule has 0 radical (unpaired) electrons. The fraction of sp³-hybridized carbons (Fsp3) is 0.333. The second kappa shape index (κ2) is 6.71. The molecule has 0 atom stereocenters. The second-order valence-electron chi connectivity index (χ2n) is 3.13. The third kappa shape index (κ3) is 4.11. The van der Waals surface area contributed by atoms with E-state index in [2.05, 4.69) is 11.4 Å². The molecule has 0 spiro atoms. The Morgan fingerprint density at radius 2 is 2.07 bits per heavy atom. The zero-order valence-corrected chi connectivity index (χ0v) is 11.0. The van der Waals surface area contributed by atoms with Gasteiger partial charge in [-0.25, -0.2) is 4.79 Å². The van der Waals surface area contributed by atoms with Crippen molar-refractivity contribution in [3.05, 3.63) is 33.4 Å². The van der Waals surface area contributed by atoms with Gasteiger partial charge in [0.15, 0.2) is 0 Å². The van der Waals surface area contributed by atoms with E-state index in [-0.39, 0.29) is 26.7 Å². The third-order valence-electron chi connectivity index (χ3n) is 1.97. The molecule has 0 saturated carbocycles. The standard InChI is InChI=1S/C12H15IO2/c1-3-4-9-15-12(14)10-5-7-11(13-2)8-6-10/h5-8H,2-4,9H2,1H3. The molecule has 1 aromatic carbocycles. The number of halogens is 1. The van der Waals surface area contributed by atoms with Gasteiger partial charge in [-0.05, 0) is 30.7 Å². The van der Waals surface area contributed by atoms with E-state index in [1.165, 1.54) is 3.57 Å². The molecule has 0 N–H and O–H groups in total. The summed E-state index contributed by atoms with van der Waals surface area (Å²) in [5, 5.41) is 0. The van der Waals surface area contributed by atoms with E-state index >= 15 is 0 Å². The number of hydrogen-bond donors (Lipinski definition) is 0. The number of carbonyl (C=O) groups is 1. The van der Waals surface area contributed by atoms with Crippen LogP contribution in [0, 0.1) is 3.57 Å². The summed E-state index contributed by atoms with van der Waals surface area (Å²) in [6.07, 6.45) is 1.96. The molecule has 0 unspecified atom stereocenters. The van der Waals surface area contributed by atoms with Crippen molar-refractivity contribution in [2.75, 3.05) is 6.61 Å². The maximum Gasteiger partial charge on any atom is 0.338 e. The molecule has 82 valence electrons. The first-order chi connectivity index (χ1) is 7.27. The van der Waals surface area contributed by atoms with E-state index in [0.717, 1.165) is 12.8 Å². The highest BCUT2D eigenvalue weighted by atomic mass is 127. The molecule has 0 aromatic heterocycles. The molecule has 3 heteroatoms. The lowest BCUT2D eigenvalue weighted by Crippen LogP contribution is -2.06.